The van der Waals surface area contributed by atoms with Crippen molar-refractivity contribution >= 4 is 23.2 Å². The molecule has 0 aliphatic carbocycles. The van der Waals surface area contributed by atoms with E-state index in [1.807, 2.05) is 18.2 Å². The predicted molar refractivity (Wildman–Crippen MR) is 87.2 cm³/mol. The second-order valence-electron chi connectivity index (χ2n) is 5.96. The first-order valence-corrected chi connectivity index (χ1v) is 8.17. The van der Waals surface area contributed by atoms with Crippen LogP contribution in [0.15, 0.2) is 18.2 Å². The highest BCUT2D eigenvalue weighted by Gasteiger charge is 2.32. The van der Waals surface area contributed by atoms with Crippen molar-refractivity contribution < 1.29 is 9.84 Å². The van der Waals surface area contributed by atoms with Crippen LogP contribution in [0.3, 0.4) is 0 Å². The van der Waals surface area contributed by atoms with Gasteiger partial charge in [0.15, 0.2) is 0 Å². The van der Waals surface area contributed by atoms with Crippen LogP contribution in [-0.2, 0) is 11.2 Å². The summed E-state index contributed by atoms with van der Waals surface area (Å²) < 4.78 is 5.39. The number of halogens is 2. The summed E-state index contributed by atoms with van der Waals surface area (Å²) in [6, 6.07) is 5.83. The van der Waals surface area contributed by atoms with Gasteiger partial charge in [0.2, 0.25) is 0 Å². The highest BCUT2D eigenvalue weighted by Crippen LogP contribution is 2.30. The van der Waals surface area contributed by atoms with Gasteiger partial charge in [-0.25, -0.2) is 0 Å². The van der Waals surface area contributed by atoms with Crippen LogP contribution in [0.2, 0.25) is 10.0 Å². The van der Waals surface area contributed by atoms with Crippen molar-refractivity contribution in [3.05, 3.63) is 33.8 Å². The molecule has 1 atom stereocenters. The normalized spacial score (nSPS) is 19.4. The predicted octanol–water partition coefficient (Wildman–Crippen LogP) is 3.30. The molecule has 118 valence electrons. The molecule has 0 amide bonds. The van der Waals surface area contributed by atoms with E-state index in [0.717, 1.165) is 44.6 Å². The van der Waals surface area contributed by atoms with Gasteiger partial charge in [0.25, 0.3) is 0 Å². The molecule has 1 fully saturated rings. The molecular formula is C16H23Cl2NO2. The van der Waals surface area contributed by atoms with Crippen LogP contribution in [-0.4, -0.2) is 37.5 Å². The number of aliphatic hydroxyl groups is 1. The van der Waals surface area contributed by atoms with E-state index in [1.54, 1.807) is 0 Å². The molecule has 1 aliphatic heterocycles. The zero-order chi connectivity index (χ0) is 15.3. The number of ether oxygens (including phenoxy) is 1. The molecule has 0 bridgehead atoms. The smallest absolute Gasteiger partial charge is 0.0501 e. The lowest BCUT2D eigenvalue weighted by Crippen LogP contribution is -2.44. The Bertz CT molecular complexity index is 441. The zero-order valence-electron chi connectivity index (χ0n) is 12.4. The Hall–Kier alpha value is -0.320. The number of hydrogen-bond acceptors (Lipinski definition) is 3. The van der Waals surface area contributed by atoms with Gasteiger partial charge in [0.05, 0.1) is 6.61 Å². The lowest BCUT2D eigenvalue weighted by atomic mass is 9.81. The van der Waals surface area contributed by atoms with Crippen molar-refractivity contribution in [1.82, 2.24) is 5.32 Å². The number of rotatable bonds is 6. The lowest BCUT2D eigenvalue weighted by Gasteiger charge is -2.36. The zero-order valence-corrected chi connectivity index (χ0v) is 13.9. The Balaban J connectivity index is 1.91. The van der Waals surface area contributed by atoms with E-state index >= 15 is 0 Å². The number of aliphatic hydroxyl groups excluding tert-OH is 1. The molecular weight excluding hydrogens is 309 g/mol. The van der Waals surface area contributed by atoms with Gasteiger partial charge in [-0.2, -0.15) is 0 Å². The molecule has 0 radical (unpaired) electrons. The summed E-state index contributed by atoms with van der Waals surface area (Å²) in [5, 5.41) is 14.6. The third-order valence-corrected chi connectivity index (χ3v) is 4.99. The quantitative estimate of drug-likeness (QED) is 0.840. The standard InChI is InChI=1S/C16H23Cl2NO2/c1-12(9-13-14(17)3-2-4-15(13)18)19-10-16(11-20)5-7-21-8-6-16/h2-4,12,19-20H,5-11H2,1H3. The van der Waals surface area contributed by atoms with Gasteiger partial charge in [0.1, 0.15) is 0 Å². The first-order chi connectivity index (χ1) is 10.1. The summed E-state index contributed by atoms with van der Waals surface area (Å²) in [5.41, 5.74) is 0.919. The summed E-state index contributed by atoms with van der Waals surface area (Å²) in [6.45, 7) is 4.56. The van der Waals surface area contributed by atoms with Gasteiger partial charge >= 0.3 is 0 Å². The topological polar surface area (TPSA) is 41.5 Å². The summed E-state index contributed by atoms with van der Waals surface area (Å²) in [4.78, 5) is 0. The molecule has 2 N–H and O–H groups in total. The molecule has 0 aromatic heterocycles. The molecule has 0 saturated carbocycles. The first-order valence-electron chi connectivity index (χ1n) is 7.41. The summed E-state index contributed by atoms with van der Waals surface area (Å²) in [7, 11) is 0. The maximum atomic E-state index is 9.69. The van der Waals surface area contributed by atoms with Gasteiger partial charge in [-0.1, -0.05) is 29.3 Å². The van der Waals surface area contributed by atoms with E-state index in [0.29, 0.717) is 10.0 Å². The van der Waals surface area contributed by atoms with Crippen molar-refractivity contribution in [2.45, 2.75) is 32.2 Å². The molecule has 1 unspecified atom stereocenters. The molecule has 1 saturated heterocycles. The third kappa shape index (κ3) is 4.57. The molecule has 2 rings (SSSR count). The van der Waals surface area contributed by atoms with Gasteiger partial charge < -0.3 is 15.2 Å². The molecule has 1 aliphatic rings. The van der Waals surface area contributed by atoms with Crippen LogP contribution in [0.4, 0.5) is 0 Å². The minimum atomic E-state index is -0.0587. The molecule has 5 heteroatoms. The monoisotopic (exact) mass is 331 g/mol. The Morgan fingerprint density at radius 3 is 2.48 bits per heavy atom. The lowest BCUT2D eigenvalue weighted by molar-refractivity contribution is -0.0162. The molecule has 1 heterocycles. The molecule has 3 nitrogen and oxygen atoms in total. The van der Waals surface area contributed by atoms with E-state index < -0.39 is 0 Å². The van der Waals surface area contributed by atoms with Gasteiger partial charge in [-0.05, 0) is 43.9 Å². The van der Waals surface area contributed by atoms with E-state index in [2.05, 4.69) is 12.2 Å². The van der Waals surface area contributed by atoms with Crippen LogP contribution in [0.5, 0.6) is 0 Å². The van der Waals surface area contributed by atoms with Gasteiger partial charge in [0, 0.05) is 41.3 Å². The minimum absolute atomic E-state index is 0.0587. The number of hydrogen-bond donors (Lipinski definition) is 2. The molecule has 1 aromatic rings. The van der Waals surface area contributed by atoms with Crippen LogP contribution in [0.25, 0.3) is 0 Å². The summed E-state index contributed by atoms with van der Waals surface area (Å²) in [6.07, 6.45) is 2.57. The molecule has 0 spiro atoms. The highest BCUT2D eigenvalue weighted by atomic mass is 35.5. The van der Waals surface area contributed by atoms with Crippen LogP contribution in [0.1, 0.15) is 25.3 Å². The Morgan fingerprint density at radius 2 is 1.90 bits per heavy atom. The Morgan fingerprint density at radius 1 is 1.29 bits per heavy atom. The average molecular weight is 332 g/mol. The maximum Gasteiger partial charge on any atom is 0.0501 e. The minimum Gasteiger partial charge on any atom is -0.396 e. The Kier molecular flexibility index (Phi) is 6.33. The average Bonchev–Trinajstić information content (AvgIpc) is 2.50. The first kappa shape index (κ1) is 17.0. The van der Waals surface area contributed by atoms with Crippen molar-refractivity contribution in [2.24, 2.45) is 5.41 Å². The second-order valence-corrected chi connectivity index (χ2v) is 6.77. The van der Waals surface area contributed by atoms with Crippen molar-refractivity contribution in [2.75, 3.05) is 26.4 Å². The van der Waals surface area contributed by atoms with E-state index in [1.165, 1.54) is 0 Å². The largest absolute Gasteiger partial charge is 0.396 e. The third-order valence-electron chi connectivity index (χ3n) is 4.29. The number of nitrogens with one attached hydrogen (secondary N) is 1. The van der Waals surface area contributed by atoms with Crippen LogP contribution in [0, 0.1) is 5.41 Å². The Labute approximate surface area is 136 Å². The van der Waals surface area contributed by atoms with Crippen LogP contribution >= 0.6 is 23.2 Å². The second kappa shape index (κ2) is 7.80. The van der Waals surface area contributed by atoms with Crippen molar-refractivity contribution in [3.8, 4) is 0 Å². The summed E-state index contributed by atoms with van der Waals surface area (Å²) >= 11 is 12.4. The fraction of sp³-hybridized carbons (Fsp3) is 0.625. The van der Waals surface area contributed by atoms with Crippen molar-refractivity contribution in [3.63, 3.8) is 0 Å². The molecule has 21 heavy (non-hydrogen) atoms. The van der Waals surface area contributed by atoms with E-state index in [9.17, 15) is 5.11 Å². The van der Waals surface area contributed by atoms with Gasteiger partial charge in [-0.15, -0.1) is 0 Å². The van der Waals surface area contributed by atoms with E-state index in [4.69, 9.17) is 27.9 Å². The van der Waals surface area contributed by atoms with Crippen molar-refractivity contribution in [1.29, 1.82) is 0 Å². The number of benzene rings is 1. The van der Waals surface area contributed by atoms with Crippen LogP contribution < -0.4 is 5.32 Å². The van der Waals surface area contributed by atoms with E-state index in [-0.39, 0.29) is 18.1 Å². The molecule has 1 aromatic carbocycles. The maximum absolute atomic E-state index is 9.69. The van der Waals surface area contributed by atoms with Gasteiger partial charge in [-0.3, -0.25) is 0 Å². The fourth-order valence-electron chi connectivity index (χ4n) is 2.69. The fourth-order valence-corrected chi connectivity index (χ4v) is 3.24. The highest BCUT2D eigenvalue weighted by molar-refractivity contribution is 6.35. The SMILES string of the molecule is CC(Cc1c(Cl)cccc1Cl)NCC1(CO)CCOCC1. The summed E-state index contributed by atoms with van der Waals surface area (Å²) in [5.74, 6) is 0.